The second kappa shape index (κ2) is 7.74. The molecule has 1 aromatic heterocycles. The largest absolute Gasteiger partial charge is 0.595 e. The monoisotopic (exact) mass is 348 g/mol. The summed E-state index contributed by atoms with van der Waals surface area (Å²) in [5, 5.41) is 25.2. The Hall–Kier alpha value is -1.96. The molecule has 0 aliphatic heterocycles. The topological polar surface area (TPSA) is 75.9 Å². The van der Waals surface area contributed by atoms with Gasteiger partial charge < -0.3 is 15.4 Å². The van der Waals surface area contributed by atoms with Crippen LogP contribution >= 0.6 is 12.4 Å². The number of hydrogen-bond donors (Lipinski definition) is 3. The Balaban J connectivity index is 0.00000208. The number of para-hydroxylation sites is 1. The molecule has 2 aromatic carbocycles. The first kappa shape index (κ1) is 18.4. The number of fused-ring (bicyclic) bond motifs is 2. The number of aromatic nitrogens is 1. The molecule has 24 heavy (non-hydrogen) atoms. The van der Waals surface area contributed by atoms with E-state index in [1.165, 1.54) is 0 Å². The van der Waals surface area contributed by atoms with Gasteiger partial charge in [0.1, 0.15) is 0 Å². The highest BCUT2D eigenvalue weighted by atomic mass is 35.5. The van der Waals surface area contributed by atoms with Gasteiger partial charge in [0, 0.05) is 24.5 Å². The summed E-state index contributed by atoms with van der Waals surface area (Å²) in [6, 6.07) is 13.0. The molecule has 0 fully saturated rings. The molecule has 1 unspecified atom stereocenters. The molecule has 128 valence electrons. The maximum atomic E-state index is 11.6. The van der Waals surface area contributed by atoms with E-state index < -0.39 is 5.23 Å². The van der Waals surface area contributed by atoms with Crippen LogP contribution in [-0.4, -0.2) is 42.3 Å². The van der Waals surface area contributed by atoms with Crippen LogP contribution in [0.2, 0.25) is 0 Å². The Morgan fingerprint density at radius 3 is 2.54 bits per heavy atom. The Labute approximate surface area is 146 Å². The van der Waals surface area contributed by atoms with E-state index in [1.807, 2.05) is 44.4 Å². The third kappa shape index (κ3) is 3.58. The second-order valence-corrected chi connectivity index (χ2v) is 5.74. The quantitative estimate of drug-likeness (QED) is 0.487. The van der Waals surface area contributed by atoms with E-state index in [-0.39, 0.29) is 18.1 Å². The molecule has 3 aromatic rings. The van der Waals surface area contributed by atoms with Crippen molar-refractivity contribution < 1.29 is 10.4 Å². The van der Waals surface area contributed by atoms with Crippen molar-refractivity contribution in [3.8, 4) is 0 Å². The fourth-order valence-corrected chi connectivity index (χ4v) is 2.71. The number of hydrogen-bond acceptors (Lipinski definition) is 5. The standard InChI is InChI=1S/C17H20N4O2.ClH/c1-20(2)11-10-18-17-12-6-3-4-7-13(12)19-14-8-5-9-15(16(14)17)21(22)23;/h3-9,21-22H,10-11H2,1-2H3,(H,18,19);1H. The predicted octanol–water partition coefficient (Wildman–Crippen LogP) is 2.19. The number of halogens is 1. The normalized spacial score (nSPS) is 12.4. The van der Waals surface area contributed by atoms with Gasteiger partial charge in [-0.2, -0.15) is 5.23 Å². The zero-order valence-corrected chi connectivity index (χ0v) is 14.4. The molecule has 0 amide bonds. The van der Waals surface area contributed by atoms with Crippen LogP contribution in [0.5, 0.6) is 0 Å². The first-order valence-corrected chi connectivity index (χ1v) is 7.51. The van der Waals surface area contributed by atoms with Crippen molar-refractivity contribution in [2.45, 2.75) is 0 Å². The van der Waals surface area contributed by atoms with Gasteiger partial charge in [-0.15, -0.1) is 12.4 Å². The van der Waals surface area contributed by atoms with Crippen molar-refractivity contribution in [2.75, 3.05) is 32.5 Å². The Kier molecular flexibility index (Phi) is 5.93. The lowest BCUT2D eigenvalue weighted by Crippen LogP contribution is -2.99. The molecule has 0 spiro atoms. The number of nitrogens with zero attached hydrogens (tertiary/aromatic N) is 2. The van der Waals surface area contributed by atoms with E-state index in [0.29, 0.717) is 10.9 Å². The van der Waals surface area contributed by atoms with Crippen molar-refractivity contribution >= 4 is 45.6 Å². The minimum atomic E-state index is -0.941. The zero-order chi connectivity index (χ0) is 16.4. The summed E-state index contributed by atoms with van der Waals surface area (Å²) in [7, 11) is 4.01. The van der Waals surface area contributed by atoms with Gasteiger partial charge in [0.15, 0.2) is 5.69 Å². The van der Waals surface area contributed by atoms with E-state index >= 15 is 0 Å². The molecule has 0 bridgehead atoms. The second-order valence-electron chi connectivity index (χ2n) is 5.74. The van der Waals surface area contributed by atoms with Crippen LogP contribution in [0.3, 0.4) is 0 Å². The number of quaternary nitrogens is 1. The van der Waals surface area contributed by atoms with Gasteiger partial charge in [0.2, 0.25) is 0 Å². The lowest BCUT2D eigenvalue weighted by molar-refractivity contribution is -0.990. The van der Waals surface area contributed by atoms with E-state index in [1.54, 1.807) is 12.1 Å². The van der Waals surface area contributed by atoms with E-state index in [0.717, 1.165) is 29.7 Å². The van der Waals surface area contributed by atoms with Crippen molar-refractivity contribution in [1.82, 2.24) is 9.88 Å². The van der Waals surface area contributed by atoms with Crippen molar-refractivity contribution in [3.63, 3.8) is 0 Å². The smallest absolute Gasteiger partial charge is 0.175 e. The van der Waals surface area contributed by atoms with Gasteiger partial charge in [-0.05, 0) is 26.2 Å². The summed E-state index contributed by atoms with van der Waals surface area (Å²) in [5.74, 6) is 0. The fourth-order valence-electron chi connectivity index (χ4n) is 2.71. The molecule has 6 nitrogen and oxygen atoms in total. The van der Waals surface area contributed by atoms with Crippen molar-refractivity contribution in [3.05, 3.63) is 47.7 Å². The van der Waals surface area contributed by atoms with Crippen LogP contribution < -0.4 is 10.5 Å². The lowest BCUT2D eigenvalue weighted by Gasteiger charge is -2.19. The first-order chi connectivity index (χ1) is 11.1. The molecule has 1 atom stereocenters. The highest BCUT2D eigenvalue weighted by molar-refractivity contribution is 6.11. The lowest BCUT2D eigenvalue weighted by atomic mass is 10.1. The Morgan fingerprint density at radius 1 is 1.12 bits per heavy atom. The van der Waals surface area contributed by atoms with Crippen LogP contribution in [0.1, 0.15) is 0 Å². The summed E-state index contributed by atoms with van der Waals surface area (Å²) in [6.45, 7) is 1.58. The van der Waals surface area contributed by atoms with Gasteiger partial charge in [-0.25, -0.2) is 10.2 Å². The van der Waals surface area contributed by atoms with Crippen molar-refractivity contribution in [1.29, 1.82) is 0 Å². The van der Waals surface area contributed by atoms with Crippen molar-refractivity contribution in [2.24, 2.45) is 0 Å². The van der Waals surface area contributed by atoms with E-state index in [9.17, 15) is 10.4 Å². The highest BCUT2D eigenvalue weighted by Gasteiger charge is 2.16. The summed E-state index contributed by atoms with van der Waals surface area (Å²) < 4.78 is 0. The molecule has 0 radical (unpaired) electrons. The van der Waals surface area contributed by atoms with Crippen LogP contribution in [-0.2, 0) is 0 Å². The summed E-state index contributed by atoms with van der Waals surface area (Å²) in [4.78, 5) is 6.69. The molecule has 0 saturated heterocycles. The number of nitrogens with one attached hydrogen (secondary N) is 2. The number of likely N-dealkylation sites (N-methyl/N-ethyl adjacent to an activating group) is 1. The predicted molar refractivity (Wildman–Crippen MR) is 99.3 cm³/mol. The summed E-state index contributed by atoms with van der Waals surface area (Å²) in [6.07, 6.45) is 0. The zero-order valence-electron chi connectivity index (χ0n) is 13.6. The fraction of sp³-hybridized carbons (Fsp3) is 0.235. The molecule has 3 N–H and O–H groups in total. The average Bonchev–Trinajstić information content (AvgIpc) is 2.53. The van der Waals surface area contributed by atoms with Gasteiger partial charge >= 0.3 is 0 Å². The molecular weight excluding hydrogens is 328 g/mol. The molecule has 0 aliphatic rings. The number of benzene rings is 2. The van der Waals surface area contributed by atoms with E-state index in [4.69, 9.17) is 0 Å². The summed E-state index contributed by atoms with van der Waals surface area (Å²) in [5.41, 5.74) is 2.66. The highest BCUT2D eigenvalue weighted by Crippen LogP contribution is 2.33. The minimum Gasteiger partial charge on any atom is -0.595 e. The maximum absolute atomic E-state index is 11.6. The number of rotatable bonds is 5. The molecule has 7 heteroatoms. The SMILES string of the molecule is CN(C)CCNc1c2ccccc2nc2cccc([NH+]([O-])O)c12.Cl. The van der Waals surface area contributed by atoms with Crippen LogP contribution in [0, 0.1) is 5.21 Å². The molecule has 0 aliphatic carbocycles. The number of pyridine rings is 1. The summed E-state index contributed by atoms with van der Waals surface area (Å²) >= 11 is 0. The van der Waals surface area contributed by atoms with Gasteiger partial charge in [-0.3, -0.25) is 0 Å². The van der Waals surface area contributed by atoms with Crippen LogP contribution in [0.25, 0.3) is 21.8 Å². The minimum absolute atomic E-state index is 0. The molecule has 0 saturated carbocycles. The van der Waals surface area contributed by atoms with Crippen LogP contribution in [0.15, 0.2) is 42.5 Å². The van der Waals surface area contributed by atoms with E-state index in [2.05, 4.69) is 15.2 Å². The van der Waals surface area contributed by atoms with Gasteiger partial charge in [-0.1, -0.05) is 24.3 Å². The maximum Gasteiger partial charge on any atom is 0.175 e. The third-order valence-corrected chi connectivity index (χ3v) is 3.80. The molecule has 3 rings (SSSR count). The molecule has 1 heterocycles. The van der Waals surface area contributed by atoms with Crippen LogP contribution in [0.4, 0.5) is 11.4 Å². The molecular formula is C17H21ClN4O2. The first-order valence-electron chi connectivity index (χ1n) is 7.51. The Morgan fingerprint density at radius 2 is 1.83 bits per heavy atom. The average molecular weight is 349 g/mol. The third-order valence-electron chi connectivity index (χ3n) is 3.80. The van der Waals surface area contributed by atoms with Gasteiger partial charge in [0.05, 0.1) is 22.1 Å². The number of anilines is 1. The Bertz CT molecular complexity index is 839. The van der Waals surface area contributed by atoms with Gasteiger partial charge in [0.25, 0.3) is 0 Å².